The lowest BCUT2D eigenvalue weighted by atomic mass is 9.34. The van der Waals surface area contributed by atoms with Gasteiger partial charge in [0.1, 0.15) is 0 Å². The molecule has 11 rings (SSSR count). The molecule has 0 saturated heterocycles. The van der Waals surface area contributed by atoms with Gasteiger partial charge in [-0.3, -0.25) is 0 Å². The van der Waals surface area contributed by atoms with Gasteiger partial charge in [-0.25, -0.2) is 0 Å². The monoisotopic (exact) mass is 820 g/mol. The lowest BCUT2D eigenvalue weighted by molar-refractivity contribution is 0.687. The summed E-state index contributed by atoms with van der Waals surface area (Å²) in [6.45, 7) is 9.00. The molecular weight excluding hydrogens is 768 g/mol. The van der Waals surface area contributed by atoms with Crippen molar-refractivity contribution in [3.05, 3.63) is 251 Å². The summed E-state index contributed by atoms with van der Waals surface area (Å²) < 4.78 is 0. The summed E-state index contributed by atoms with van der Waals surface area (Å²) in [5.74, 6) is 0.233. The van der Waals surface area contributed by atoms with Gasteiger partial charge < -0.3 is 0 Å². The van der Waals surface area contributed by atoms with Gasteiger partial charge in [0.05, 0.1) is 0 Å². The third-order valence-corrected chi connectivity index (χ3v) is 14.7. The van der Waals surface area contributed by atoms with Crippen LogP contribution in [0.1, 0.15) is 83.5 Å². The highest BCUT2D eigenvalue weighted by Crippen LogP contribution is 2.53. The highest BCUT2D eigenvalue weighted by Gasteiger charge is 2.45. The van der Waals surface area contributed by atoms with Crippen LogP contribution < -0.4 is 16.4 Å². The molecule has 1 heteroatoms. The third-order valence-electron chi connectivity index (χ3n) is 14.7. The van der Waals surface area contributed by atoms with E-state index in [0.29, 0.717) is 0 Å². The number of benzene rings is 7. The van der Waals surface area contributed by atoms with Crippen LogP contribution in [0.25, 0.3) is 50.8 Å². The Morgan fingerprint density at radius 2 is 1.30 bits per heavy atom. The van der Waals surface area contributed by atoms with Gasteiger partial charge in [-0.15, -0.1) is 0 Å². The smallest absolute Gasteiger partial charge is 0.0984 e. The van der Waals surface area contributed by atoms with Gasteiger partial charge >= 0.3 is 0 Å². The molecule has 0 N–H and O–H groups in total. The summed E-state index contributed by atoms with van der Waals surface area (Å²) in [5.41, 5.74) is 22.2. The zero-order chi connectivity index (χ0) is 43.2. The molecule has 0 fully saturated rings. The maximum Gasteiger partial charge on any atom is 0.241 e. The molecule has 0 aromatic heterocycles. The van der Waals surface area contributed by atoms with Gasteiger partial charge in [0.25, 0.3) is 0 Å². The first-order chi connectivity index (χ1) is 31.6. The molecule has 308 valence electrons. The molecule has 0 heterocycles. The highest BCUT2D eigenvalue weighted by atomic mass is 14.5. The Morgan fingerprint density at radius 3 is 2.00 bits per heavy atom. The van der Waals surface area contributed by atoms with E-state index < -0.39 is 5.41 Å². The molecule has 0 nitrogen and oxygen atoms in total. The fourth-order valence-corrected chi connectivity index (χ4v) is 11.8. The predicted octanol–water partition coefficient (Wildman–Crippen LogP) is 14.0. The van der Waals surface area contributed by atoms with Gasteiger partial charge in [-0.1, -0.05) is 229 Å². The van der Waals surface area contributed by atoms with Crippen LogP contribution >= 0.6 is 0 Å². The second kappa shape index (κ2) is 16.6. The molecular formula is C63H53B. The fraction of sp³-hybridized carbons (Fsp3) is 0.143. The van der Waals surface area contributed by atoms with Crippen molar-refractivity contribution < 1.29 is 0 Å². The van der Waals surface area contributed by atoms with E-state index in [1.165, 1.54) is 93.9 Å². The minimum absolute atomic E-state index is 0.0897. The average molecular weight is 821 g/mol. The lowest BCUT2D eigenvalue weighted by Gasteiger charge is -2.37. The first-order valence-corrected chi connectivity index (χ1v) is 23.3. The van der Waals surface area contributed by atoms with Crippen LogP contribution in [0.3, 0.4) is 0 Å². The van der Waals surface area contributed by atoms with E-state index in [-0.39, 0.29) is 12.6 Å². The lowest BCUT2D eigenvalue weighted by Crippen LogP contribution is -2.55. The molecule has 0 spiro atoms. The van der Waals surface area contributed by atoms with Crippen LogP contribution in [0, 0.1) is 0 Å². The number of allylic oxidation sites excluding steroid dienone is 11. The number of hydrogen-bond acceptors (Lipinski definition) is 0. The maximum absolute atomic E-state index is 4.44. The zero-order valence-electron chi connectivity index (χ0n) is 37.0. The Bertz CT molecular complexity index is 3170. The molecule has 2 unspecified atom stereocenters. The van der Waals surface area contributed by atoms with Gasteiger partial charge in [-0.2, -0.15) is 0 Å². The maximum atomic E-state index is 4.44. The van der Waals surface area contributed by atoms with Crippen molar-refractivity contribution in [1.29, 1.82) is 0 Å². The normalized spacial score (nSPS) is 18.4. The molecule has 2 atom stereocenters. The van der Waals surface area contributed by atoms with Crippen molar-refractivity contribution >= 4 is 51.6 Å². The minimum Gasteiger partial charge on any atom is -0.0984 e. The van der Waals surface area contributed by atoms with Crippen LogP contribution in [0.2, 0.25) is 0 Å². The van der Waals surface area contributed by atoms with Crippen LogP contribution in [0.4, 0.5) is 0 Å². The summed E-state index contributed by atoms with van der Waals surface area (Å²) in [6.07, 6.45) is 30.9. The standard InChI is InChI=1S/C63H53B/c1-4-22-59-48(5-2)56-33-19-20-35-60(56)63(59,3)62-50(44-25-11-7-12-26-44)34-21-36-61(62)64(46-37-39-49(43-23-9-6-10-24-43)57(41-46)45-27-13-8-14-28-45)47-38-40-55-53-31-16-15-29-51(53)52-30-17-18-32-54(52)58(55)42-47/h4-14,16,18-25,27-28,31-42,44H,2,15,17,26,29-30H2,1,3H3/b22-4-. The molecule has 0 amide bonds. The van der Waals surface area contributed by atoms with Gasteiger partial charge in [0.2, 0.25) is 6.71 Å². The molecule has 0 saturated carbocycles. The first kappa shape index (κ1) is 39.9. The Labute approximate surface area is 380 Å². The second-order valence-electron chi connectivity index (χ2n) is 18.1. The summed E-state index contributed by atoms with van der Waals surface area (Å²) in [7, 11) is 0. The quantitative estimate of drug-likeness (QED) is 0.127. The number of fused-ring (bicyclic) bond motifs is 7. The number of hydrogen-bond donors (Lipinski definition) is 0. The SMILES string of the molecule is C=CC1=C(/C=C\C)C(C)(c2c(B(c3ccc(-c4ccccc4)c(-c4ccccc4)c3)c3ccc4c5c(c6c(c4c3)C=CCC6)CCC=C5)cccc2C2C=CC=CC2)c2ccccc21. The van der Waals surface area contributed by atoms with E-state index in [4.69, 9.17) is 0 Å². The van der Waals surface area contributed by atoms with Crippen molar-refractivity contribution in [3.63, 3.8) is 0 Å². The van der Waals surface area contributed by atoms with E-state index in [2.05, 4.69) is 227 Å². The van der Waals surface area contributed by atoms with Gasteiger partial charge in [-0.05, 0) is 135 Å². The molecule has 7 aromatic rings. The van der Waals surface area contributed by atoms with Crippen molar-refractivity contribution in [2.24, 2.45) is 0 Å². The van der Waals surface area contributed by atoms with Crippen molar-refractivity contribution in [2.45, 2.75) is 57.3 Å². The third kappa shape index (κ3) is 6.52. The number of rotatable bonds is 9. The predicted molar refractivity (Wildman–Crippen MR) is 278 cm³/mol. The van der Waals surface area contributed by atoms with Crippen molar-refractivity contribution in [3.8, 4) is 22.3 Å². The van der Waals surface area contributed by atoms with E-state index in [1.807, 2.05) is 0 Å². The molecule has 0 bridgehead atoms. The molecule has 64 heavy (non-hydrogen) atoms. The molecule has 7 aromatic carbocycles. The Balaban J connectivity index is 1.26. The molecule has 0 radical (unpaired) electrons. The van der Waals surface area contributed by atoms with Crippen LogP contribution in [-0.4, -0.2) is 6.71 Å². The van der Waals surface area contributed by atoms with E-state index in [0.717, 1.165) is 32.1 Å². The first-order valence-electron chi connectivity index (χ1n) is 23.3. The largest absolute Gasteiger partial charge is 0.241 e. The van der Waals surface area contributed by atoms with Crippen LogP contribution in [0.15, 0.2) is 206 Å². The Hall–Kier alpha value is -6.96. The van der Waals surface area contributed by atoms with E-state index in [9.17, 15) is 0 Å². The minimum atomic E-state index is -0.472. The summed E-state index contributed by atoms with van der Waals surface area (Å²) in [4.78, 5) is 0. The molecule has 4 aliphatic carbocycles. The van der Waals surface area contributed by atoms with E-state index in [1.54, 1.807) is 11.1 Å². The Kier molecular flexibility index (Phi) is 10.4. The summed E-state index contributed by atoms with van der Waals surface area (Å²) >= 11 is 0. The Morgan fingerprint density at radius 1 is 0.625 bits per heavy atom. The second-order valence-corrected chi connectivity index (χ2v) is 18.1. The van der Waals surface area contributed by atoms with Gasteiger partial charge in [0, 0.05) is 11.3 Å². The van der Waals surface area contributed by atoms with Gasteiger partial charge in [0.15, 0.2) is 0 Å². The molecule has 4 aliphatic rings. The molecule has 0 aliphatic heterocycles. The van der Waals surface area contributed by atoms with Crippen LogP contribution in [-0.2, 0) is 18.3 Å². The van der Waals surface area contributed by atoms with Crippen molar-refractivity contribution in [1.82, 2.24) is 0 Å². The average Bonchev–Trinajstić information content (AvgIpc) is 3.61. The fourth-order valence-electron chi connectivity index (χ4n) is 11.8. The van der Waals surface area contributed by atoms with E-state index >= 15 is 0 Å². The summed E-state index contributed by atoms with van der Waals surface area (Å²) in [6, 6.07) is 53.0. The summed E-state index contributed by atoms with van der Waals surface area (Å²) in [5, 5.41) is 2.73. The van der Waals surface area contributed by atoms with Crippen LogP contribution in [0.5, 0.6) is 0 Å². The van der Waals surface area contributed by atoms with Crippen molar-refractivity contribution in [2.75, 3.05) is 0 Å². The zero-order valence-corrected chi connectivity index (χ0v) is 37.0. The topological polar surface area (TPSA) is 0 Å². The highest BCUT2D eigenvalue weighted by molar-refractivity contribution is 6.96.